The monoisotopic (exact) mass is 315 g/mol. The van der Waals surface area contributed by atoms with Gasteiger partial charge in [-0.2, -0.15) is 5.10 Å². The van der Waals surface area contributed by atoms with E-state index in [-0.39, 0.29) is 18.4 Å². The Morgan fingerprint density at radius 2 is 1.96 bits per heavy atom. The van der Waals surface area contributed by atoms with Crippen LogP contribution in [0.15, 0.2) is 30.3 Å². The number of hydrogen-bond acceptors (Lipinski definition) is 3. The molecule has 0 saturated carbocycles. The molecule has 0 spiro atoms. The van der Waals surface area contributed by atoms with E-state index in [4.69, 9.17) is 0 Å². The summed E-state index contributed by atoms with van der Waals surface area (Å²) in [5, 5.41) is 16.9. The molecule has 5 nitrogen and oxygen atoms in total. The number of aliphatic hydroxyl groups excluding tert-OH is 1. The number of aromatic nitrogens is 2. The Hall–Kier alpha value is -2.14. The van der Waals surface area contributed by atoms with Gasteiger partial charge in [0, 0.05) is 7.05 Å². The smallest absolute Gasteiger partial charge is 0.270 e. The van der Waals surface area contributed by atoms with Gasteiger partial charge in [0.2, 0.25) is 0 Å². The summed E-state index contributed by atoms with van der Waals surface area (Å²) >= 11 is 0. The number of aryl methyl sites for hydroxylation is 2. The van der Waals surface area contributed by atoms with Gasteiger partial charge in [0.15, 0.2) is 0 Å². The summed E-state index contributed by atoms with van der Waals surface area (Å²) in [7, 11) is 1.75. The molecule has 0 bridgehead atoms. The van der Waals surface area contributed by atoms with Gasteiger partial charge in [0.05, 0.1) is 18.3 Å². The molecule has 1 unspecified atom stereocenters. The molecule has 1 heterocycles. The summed E-state index contributed by atoms with van der Waals surface area (Å²) in [6.45, 7) is 6.02. The molecular weight excluding hydrogens is 290 g/mol. The zero-order valence-electron chi connectivity index (χ0n) is 14.2. The Morgan fingerprint density at radius 3 is 2.43 bits per heavy atom. The first-order valence-electron chi connectivity index (χ1n) is 8.00. The molecule has 0 aliphatic heterocycles. The first-order chi connectivity index (χ1) is 11.0. The average molecular weight is 315 g/mol. The number of aliphatic hydroxyl groups is 1. The first-order valence-corrected chi connectivity index (χ1v) is 8.00. The van der Waals surface area contributed by atoms with Crippen LogP contribution in [0.25, 0.3) is 0 Å². The molecule has 23 heavy (non-hydrogen) atoms. The third-order valence-corrected chi connectivity index (χ3v) is 4.00. The van der Waals surface area contributed by atoms with Crippen LogP contribution in [0.4, 0.5) is 0 Å². The highest BCUT2D eigenvalue weighted by molar-refractivity contribution is 5.93. The summed E-state index contributed by atoms with van der Waals surface area (Å²) < 4.78 is 1.58. The minimum absolute atomic E-state index is 0.147. The summed E-state index contributed by atoms with van der Waals surface area (Å²) in [6.07, 6.45) is 0.962. The Labute approximate surface area is 137 Å². The summed E-state index contributed by atoms with van der Waals surface area (Å²) in [4.78, 5) is 12.5. The van der Waals surface area contributed by atoms with Crippen LogP contribution >= 0.6 is 0 Å². The molecule has 1 atom stereocenters. The van der Waals surface area contributed by atoms with E-state index in [1.54, 1.807) is 17.8 Å². The van der Waals surface area contributed by atoms with E-state index >= 15 is 0 Å². The molecule has 1 aromatic heterocycles. The molecule has 2 rings (SSSR count). The highest BCUT2D eigenvalue weighted by atomic mass is 16.3. The highest BCUT2D eigenvalue weighted by Gasteiger charge is 2.19. The van der Waals surface area contributed by atoms with E-state index in [2.05, 4.69) is 17.3 Å². The zero-order chi connectivity index (χ0) is 17.0. The van der Waals surface area contributed by atoms with Crippen LogP contribution in [0.3, 0.4) is 0 Å². The number of carbonyl (C=O) groups is 1. The van der Waals surface area contributed by atoms with Crippen LogP contribution in [0.1, 0.15) is 60.0 Å². The fourth-order valence-electron chi connectivity index (χ4n) is 2.44. The maximum Gasteiger partial charge on any atom is 0.270 e. The minimum atomic E-state index is -0.425. The Kier molecular flexibility index (Phi) is 5.55. The summed E-state index contributed by atoms with van der Waals surface area (Å²) in [5.41, 5.74) is 3.50. The van der Waals surface area contributed by atoms with Crippen LogP contribution < -0.4 is 5.32 Å². The second-order valence-corrected chi connectivity index (χ2v) is 6.04. The third kappa shape index (κ3) is 3.99. The van der Waals surface area contributed by atoms with Crippen molar-refractivity contribution in [1.82, 2.24) is 15.1 Å². The maximum atomic E-state index is 12.5. The summed E-state index contributed by atoms with van der Waals surface area (Å²) in [5.74, 6) is 0.0310. The van der Waals surface area contributed by atoms with Crippen LogP contribution in [-0.2, 0) is 13.5 Å². The lowest BCUT2D eigenvalue weighted by Crippen LogP contribution is -2.32. The van der Waals surface area contributed by atoms with Gasteiger partial charge in [-0.1, -0.05) is 45.0 Å². The highest BCUT2D eigenvalue weighted by Crippen LogP contribution is 2.17. The molecular formula is C18H25N3O2. The molecule has 2 aromatic rings. The average Bonchev–Trinajstić information content (AvgIpc) is 2.95. The molecule has 1 amide bonds. The van der Waals surface area contributed by atoms with E-state index in [9.17, 15) is 9.90 Å². The number of nitrogens with one attached hydrogen (secondary N) is 1. The van der Waals surface area contributed by atoms with Crippen molar-refractivity contribution in [3.63, 3.8) is 0 Å². The second kappa shape index (κ2) is 7.42. The number of benzene rings is 1. The van der Waals surface area contributed by atoms with E-state index in [1.807, 2.05) is 38.1 Å². The van der Waals surface area contributed by atoms with Crippen LogP contribution in [0.5, 0.6) is 0 Å². The number of amides is 1. The standard InChI is InChI=1S/C18H25N3O2/c1-5-13-6-8-14(9-7-13)16(11-22)19-18(23)17-10-15(12(2)3)20-21(17)4/h6-10,12,16,22H,5,11H2,1-4H3,(H,19,23). The quantitative estimate of drug-likeness (QED) is 0.861. The Morgan fingerprint density at radius 1 is 1.30 bits per heavy atom. The maximum absolute atomic E-state index is 12.5. The molecule has 124 valence electrons. The summed E-state index contributed by atoms with van der Waals surface area (Å²) in [6, 6.07) is 9.31. The lowest BCUT2D eigenvalue weighted by atomic mass is 10.0. The second-order valence-electron chi connectivity index (χ2n) is 6.04. The van der Waals surface area contributed by atoms with Gasteiger partial charge in [-0.25, -0.2) is 0 Å². The van der Waals surface area contributed by atoms with Gasteiger partial charge in [-0.15, -0.1) is 0 Å². The van der Waals surface area contributed by atoms with Gasteiger partial charge < -0.3 is 10.4 Å². The SMILES string of the molecule is CCc1ccc(C(CO)NC(=O)c2cc(C(C)C)nn2C)cc1. The van der Waals surface area contributed by atoms with Crippen LogP contribution in [-0.4, -0.2) is 27.4 Å². The predicted octanol–water partition coefficient (Wildman–Crippen LogP) is 2.57. The molecule has 5 heteroatoms. The van der Waals surface area contributed by atoms with E-state index in [0.717, 1.165) is 17.7 Å². The van der Waals surface area contributed by atoms with Crippen molar-refractivity contribution in [2.24, 2.45) is 7.05 Å². The lowest BCUT2D eigenvalue weighted by molar-refractivity contribution is 0.0906. The first kappa shape index (κ1) is 17.2. The molecule has 0 saturated heterocycles. The molecule has 0 aliphatic carbocycles. The van der Waals surface area contributed by atoms with Crippen molar-refractivity contribution in [3.8, 4) is 0 Å². The number of hydrogen-bond donors (Lipinski definition) is 2. The van der Waals surface area contributed by atoms with Crippen molar-refractivity contribution in [3.05, 3.63) is 52.8 Å². The Balaban J connectivity index is 2.16. The fourth-order valence-corrected chi connectivity index (χ4v) is 2.44. The predicted molar refractivity (Wildman–Crippen MR) is 90.4 cm³/mol. The normalized spacial score (nSPS) is 12.4. The van der Waals surface area contributed by atoms with E-state index in [0.29, 0.717) is 5.69 Å². The lowest BCUT2D eigenvalue weighted by Gasteiger charge is -2.17. The third-order valence-electron chi connectivity index (χ3n) is 4.00. The number of rotatable bonds is 6. The van der Waals surface area contributed by atoms with Gasteiger partial charge in [-0.3, -0.25) is 9.48 Å². The van der Waals surface area contributed by atoms with Gasteiger partial charge in [0.25, 0.3) is 5.91 Å². The van der Waals surface area contributed by atoms with Crippen LogP contribution in [0.2, 0.25) is 0 Å². The zero-order valence-corrected chi connectivity index (χ0v) is 14.2. The minimum Gasteiger partial charge on any atom is -0.394 e. The fraction of sp³-hybridized carbons (Fsp3) is 0.444. The molecule has 2 N–H and O–H groups in total. The largest absolute Gasteiger partial charge is 0.394 e. The van der Waals surface area contributed by atoms with Crippen molar-refractivity contribution in [2.75, 3.05) is 6.61 Å². The number of nitrogens with zero attached hydrogens (tertiary/aromatic N) is 2. The van der Waals surface area contributed by atoms with E-state index < -0.39 is 6.04 Å². The van der Waals surface area contributed by atoms with Crippen molar-refractivity contribution >= 4 is 5.91 Å². The van der Waals surface area contributed by atoms with Crippen molar-refractivity contribution in [2.45, 2.75) is 39.2 Å². The molecule has 0 radical (unpaired) electrons. The van der Waals surface area contributed by atoms with Crippen molar-refractivity contribution < 1.29 is 9.90 Å². The molecule has 0 aliphatic rings. The number of carbonyl (C=O) groups excluding carboxylic acids is 1. The van der Waals surface area contributed by atoms with Gasteiger partial charge >= 0.3 is 0 Å². The molecule has 0 fully saturated rings. The Bertz CT molecular complexity index is 659. The van der Waals surface area contributed by atoms with Crippen LogP contribution in [0, 0.1) is 0 Å². The van der Waals surface area contributed by atoms with E-state index in [1.165, 1.54) is 5.56 Å². The van der Waals surface area contributed by atoms with Gasteiger partial charge in [0.1, 0.15) is 5.69 Å². The topological polar surface area (TPSA) is 67.2 Å². The van der Waals surface area contributed by atoms with Crippen molar-refractivity contribution in [1.29, 1.82) is 0 Å². The molecule has 1 aromatic carbocycles. The van der Waals surface area contributed by atoms with Gasteiger partial charge in [-0.05, 0) is 29.5 Å².